The number of halogens is 6. The van der Waals surface area contributed by atoms with E-state index in [0.717, 1.165) is 12.1 Å². The Morgan fingerprint density at radius 3 is 2.44 bits per heavy atom. The Bertz CT molecular complexity index is 1210. The van der Waals surface area contributed by atoms with Crippen LogP contribution in [0.5, 0.6) is 5.75 Å². The molecular formula is C21H16F6N6O. The summed E-state index contributed by atoms with van der Waals surface area (Å²) in [6.45, 7) is 0.167. The van der Waals surface area contributed by atoms with Crippen LogP contribution in [0.3, 0.4) is 0 Å². The Kier molecular flexibility index (Phi) is 6.09. The number of anilines is 2. The molecular weight excluding hydrogens is 466 g/mol. The van der Waals surface area contributed by atoms with E-state index in [1.54, 1.807) is 6.08 Å². The number of rotatable bonds is 5. The highest BCUT2D eigenvalue weighted by Gasteiger charge is 2.31. The lowest BCUT2D eigenvalue weighted by atomic mass is 10.2. The Labute approximate surface area is 188 Å². The molecule has 0 spiro atoms. The number of aromatic nitrogens is 2. The van der Waals surface area contributed by atoms with Crippen LogP contribution in [0, 0.1) is 0 Å². The highest BCUT2D eigenvalue weighted by atomic mass is 19.4. The zero-order valence-electron chi connectivity index (χ0n) is 17.1. The lowest BCUT2D eigenvalue weighted by molar-refractivity contribution is -0.274. The van der Waals surface area contributed by atoms with Crippen molar-refractivity contribution < 1.29 is 31.1 Å². The van der Waals surface area contributed by atoms with Crippen molar-refractivity contribution in [3.8, 4) is 11.4 Å². The van der Waals surface area contributed by atoms with Gasteiger partial charge < -0.3 is 20.7 Å². The summed E-state index contributed by atoms with van der Waals surface area (Å²) in [5.74, 6) is 0.732. The van der Waals surface area contributed by atoms with Crippen molar-refractivity contribution in [2.75, 3.05) is 17.3 Å². The van der Waals surface area contributed by atoms with E-state index in [2.05, 4.69) is 30.7 Å². The van der Waals surface area contributed by atoms with Gasteiger partial charge in [-0.25, -0.2) is 9.98 Å². The molecule has 4 rings (SSSR count). The maximum Gasteiger partial charge on any atom is 0.573 e. The fraction of sp³-hybridized carbons (Fsp3) is 0.143. The van der Waals surface area contributed by atoms with Crippen LogP contribution in [0.15, 0.2) is 77.8 Å². The highest BCUT2D eigenvalue weighted by molar-refractivity contribution is 6.04. The van der Waals surface area contributed by atoms with Gasteiger partial charge in [0.15, 0.2) is 0 Å². The maximum atomic E-state index is 13.1. The lowest BCUT2D eigenvalue weighted by Gasteiger charge is -2.19. The molecule has 1 aliphatic heterocycles. The number of nitrogens with zero attached hydrogens (tertiary/aromatic N) is 3. The van der Waals surface area contributed by atoms with E-state index >= 15 is 0 Å². The number of amidine groups is 1. The summed E-state index contributed by atoms with van der Waals surface area (Å²) in [7, 11) is 0. The molecule has 2 aromatic carbocycles. The molecule has 0 bridgehead atoms. The molecule has 13 heteroatoms. The average molecular weight is 482 g/mol. The van der Waals surface area contributed by atoms with Crippen LogP contribution in [0.25, 0.3) is 5.69 Å². The Balaban J connectivity index is 1.47. The summed E-state index contributed by atoms with van der Waals surface area (Å²) in [5, 5.41) is 8.91. The van der Waals surface area contributed by atoms with Crippen molar-refractivity contribution in [2.45, 2.75) is 12.5 Å². The Morgan fingerprint density at radius 2 is 1.74 bits per heavy atom. The fourth-order valence-electron chi connectivity index (χ4n) is 3.05. The number of nitrogens with one attached hydrogen (secondary N) is 3. The summed E-state index contributed by atoms with van der Waals surface area (Å²) >= 11 is 0. The highest BCUT2D eigenvalue weighted by Crippen LogP contribution is 2.31. The van der Waals surface area contributed by atoms with E-state index in [0.29, 0.717) is 17.3 Å². The maximum absolute atomic E-state index is 13.1. The van der Waals surface area contributed by atoms with Crippen molar-refractivity contribution in [1.29, 1.82) is 0 Å². The molecule has 1 aromatic heterocycles. The fourth-order valence-corrected chi connectivity index (χ4v) is 3.05. The molecule has 3 N–H and O–H groups in total. The molecule has 0 amide bonds. The first-order chi connectivity index (χ1) is 16.1. The summed E-state index contributed by atoms with van der Waals surface area (Å²) in [5.41, 5.74) is -0.0465. The van der Waals surface area contributed by atoms with Gasteiger partial charge in [-0.05, 0) is 42.5 Å². The molecule has 0 fully saturated rings. The molecule has 0 atom stereocenters. The van der Waals surface area contributed by atoms with E-state index in [9.17, 15) is 26.3 Å². The minimum absolute atomic E-state index is 0.167. The Hall–Kier alpha value is -4.16. The van der Waals surface area contributed by atoms with Gasteiger partial charge in [0.05, 0.1) is 5.56 Å². The van der Waals surface area contributed by atoms with Gasteiger partial charge in [-0.3, -0.25) is 4.57 Å². The first-order valence-electron chi connectivity index (χ1n) is 9.68. The van der Waals surface area contributed by atoms with E-state index in [4.69, 9.17) is 0 Å². The van der Waals surface area contributed by atoms with E-state index in [1.807, 2.05) is 0 Å². The van der Waals surface area contributed by atoms with Gasteiger partial charge in [-0.1, -0.05) is 6.07 Å². The van der Waals surface area contributed by atoms with Crippen LogP contribution in [-0.2, 0) is 6.18 Å². The smallest absolute Gasteiger partial charge is 0.406 e. The molecule has 0 radical (unpaired) electrons. The van der Waals surface area contributed by atoms with Crippen molar-refractivity contribution in [3.63, 3.8) is 0 Å². The second-order valence-corrected chi connectivity index (χ2v) is 6.93. The predicted molar refractivity (Wildman–Crippen MR) is 112 cm³/mol. The Morgan fingerprint density at radius 1 is 0.971 bits per heavy atom. The summed E-state index contributed by atoms with van der Waals surface area (Å²) in [6, 6.07) is 9.94. The van der Waals surface area contributed by atoms with Crippen molar-refractivity contribution >= 4 is 17.5 Å². The number of imidazole rings is 1. The third-order valence-corrected chi connectivity index (χ3v) is 4.50. The third-order valence-electron chi connectivity index (χ3n) is 4.50. The van der Waals surface area contributed by atoms with Gasteiger partial charge in [0.25, 0.3) is 0 Å². The second kappa shape index (κ2) is 9.00. The number of alkyl halides is 6. The molecule has 0 saturated carbocycles. The topological polar surface area (TPSA) is 75.5 Å². The van der Waals surface area contributed by atoms with Gasteiger partial charge in [-0.15, -0.1) is 13.2 Å². The van der Waals surface area contributed by atoms with Crippen molar-refractivity contribution in [1.82, 2.24) is 14.9 Å². The van der Waals surface area contributed by atoms with E-state index < -0.39 is 18.1 Å². The molecule has 2 heterocycles. The number of ether oxygens (including phenoxy) is 1. The van der Waals surface area contributed by atoms with Gasteiger partial charge >= 0.3 is 12.5 Å². The number of hydrogen-bond donors (Lipinski definition) is 3. The summed E-state index contributed by atoms with van der Waals surface area (Å²) in [4.78, 5) is 8.38. The van der Waals surface area contributed by atoms with Gasteiger partial charge in [-0.2, -0.15) is 13.2 Å². The zero-order valence-corrected chi connectivity index (χ0v) is 17.1. The van der Waals surface area contributed by atoms with Crippen molar-refractivity contribution in [2.24, 2.45) is 4.99 Å². The van der Waals surface area contributed by atoms with Crippen LogP contribution in [0.2, 0.25) is 0 Å². The summed E-state index contributed by atoms with van der Waals surface area (Å²) in [6.07, 6.45) is -4.75. The normalized spacial score (nSPS) is 14.1. The molecule has 34 heavy (non-hydrogen) atoms. The molecule has 7 nitrogen and oxygen atoms in total. The largest absolute Gasteiger partial charge is 0.573 e. The van der Waals surface area contributed by atoms with Gasteiger partial charge in [0, 0.05) is 29.8 Å². The van der Waals surface area contributed by atoms with Crippen LogP contribution in [0.1, 0.15) is 5.56 Å². The zero-order chi connectivity index (χ0) is 24.3. The van der Waals surface area contributed by atoms with Crippen LogP contribution in [0.4, 0.5) is 38.0 Å². The quantitative estimate of drug-likeness (QED) is 0.441. The minimum atomic E-state index is -4.78. The van der Waals surface area contributed by atoms with Gasteiger partial charge in [0.2, 0.25) is 5.95 Å². The average Bonchev–Trinajstić information content (AvgIpc) is 3.22. The number of benzene rings is 2. The number of aliphatic imine (C=N–C) groups is 1. The monoisotopic (exact) mass is 482 g/mol. The van der Waals surface area contributed by atoms with Gasteiger partial charge in [0.1, 0.15) is 24.1 Å². The first kappa shape index (κ1) is 23.0. The standard InChI is InChI=1S/C21H16F6N6O/c22-20(23,24)13-2-1-3-15(10-13)33-9-8-28-19(33)32-18-11-17(29-12-30-18)31-14-4-6-16(7-5-14)34-21(25,26)27/h1-11,29,31H,12H2,(H,28,30,32). The van der Waals surface area contributed by atoms with E-state index in [-0.39, 0.29) is 24.1 Å². The second-order valence-electron chi connectivity index (χ2n) is 6.93. The molecule has 1 aliphatic rings. The van der Waals surface area contributed by atoms with Crippen LogP contribution >= 0.6 is 0 Å². The predicted octanol–water partition coefficient (Wildman–Crippen LogP) is 5.11. The molecule has 0 unspecified atom stereocenters. The third kappa shape index (κ3) is 5.79. The first-order valence-corrected chi connectivity index (χ1v) is 9.68. The molecule has 3 aromatic rings. The minimum Gasteiger partial charge on any atom is -0.406 e. The molecule has 0 saturated heterocycles. The van der Waals surface area contributed by atoms with Crippen molar-refractivity contribution in [3.05, 3.63) is 78.4 Å². The van der Waals surface area contributed by atoms with Crippen LogP contribution in [-0.4, -0.2) is 28.4 Å². The van der Waals surface area contributed by atoms with E-state index in [1.165, 1.54) is 53.4 Å². The summed E-state index contributed by atoms with van der Waals surface area (Å²) < 4.78 is 81.3. The lowest BCUT2D eigenvalue weighted by Crippen LogP contribution is -2.28. The van der Waals surface area contributed by atoms with Crippen LogP contribution < -0.4 is 20.7 Å². The molecule has 178 valence electrons. The number of hydrogen-bond acceptors (Lipinski definition) is 6. The SMILES string of the molecule is FC(F)(F)Oc1ccc(NC2=CC(Nc3nccn3-c3cccc(C(F)(F)F)c3)=NCN2)cc1. The molecule has 0 aliphatic carbocycles.